The number of halogens is 2. The summed E-state index contributed by atoms with van der Waals surface area (Å²) in [5.41, 5.74) is 2.76. The molecule has 0 fully saturated rings. The zero-order chi connectivity index (χ0) is 21.7. The van der Waals surface area contributed by atoms with E-state index in [9.17, 15) is 9.59 Å². The molecular formula is C23H20Cl2N2O2S. The first kappa shape index (κ1) is 22.2. The van der Waals surface area contributed by atoms with Gasteiger partial charge in [-0.2, -0.15) is 0 Å². The smallest absolute Gasteiger partial charge is 0.257 e. The van der Waals surface area contributed by atoms with Crippen molar-refractivity contribution in [1.29, 1.82) is 0 Å². The second kappa shape index (κ2) is 10.0. The van der Waals surface area contributed by atoms with E-state index >= 15 is 0 Å². The normalized spacial score (nSPS) is 11.6. The fourth-order valence-electron chi connectivity index (χ4n) is 2.72. The van der Waals surface area contributed by atoms with Crippen LogP contribution < -0.4 is 10.6 Å². The molecular weight excluding hydrogens is 439 g/mol. The molecule has 0 aliphatic heterocycles. The van der Waals surface area contributed by atoms with Crippen molar-refractivity contribution in [2.24, 2.45) is 0 Å². The molecule has 3 aromatic carbocycles. The number of rotatable bonds is 6. The number of benzene rings is 3. The lowest BCUT2D eigenvalue weighted by Crippen LogP contribution is -2.22. The molecule has 3 aromatic rings. The molecule has 1 unspecified atom stereocenters. The van der Waals surface area contributed by atoms with Crippen LogP contribution in [-0.2, 0) is 4.79 Å². The number of thioether (sulfide) groups is 1. The van der Waals surface area contributed by atoms with Crippen LogP contribution in [0.25, 0.3) is 0 Å². The van der Waals surface area contributed by atoms with Crippen molar-refractivity contribution in [3.8, 4) is 0 Å². The Kier molecular flexibility index (Phi) is 7.43. The first-order valence-corrected chi connectivity index (χ1v) is 10.9. The third-order valence-corrected chi connectivity index (χ3v) is 5.99. The van der Waals surface area contributed by atoms with Gasteiger partial charge in [0.05, 0.1) is 15.8 Å². The van der Waals surface area contributed by atoms with E-state index in [-0.39, 0.29) is 22.1 Å². The average molecular weight is 459 g/mol. The van der Waals surface area contributed by atoms with Gasteiger partial charge >= 0.3 is 0 Å². The number of carbonyl (C=O) groups excluding carboxylic acids is 2. The molecule has 0 saturated heterocycles. The Bertz CT molecular complexity index is 1090. The SMILES string of the molecule is Cc1ccccc1NC(=O)C(C)Sc1cccc(NC(=O)c2ccc(Cl)cc2Cl)c1. The zero-order valence-electron chi connectivity index (χ0n) is 16.4. The summed E-state index contributed by atoms with van der Waals surface area (Å²) in [5, 5.41) is 6.21. The van der Waals surface area contributed by atoms with Gasteiger partial charge in [0.2, 0.25) is 5.91 Å². The van der Waals surface area contributed by atoms with Crippen LogP contribution in [0.5, 0.6) is 0 Å². The van der Waals surface area contributed by atoms with Gasteiger partial charge in [-0.3, -0.25) is 9.59 Å². The fourth-order valence-corrected chi connectivity index (χ4v) is 4.15. The second-order valence-electron chi connectivity index (χ2n) is 6.67. The van der Waals surface area contributed by atoms with E-state index in [2.05, 4.69) is 10.6 Å². The predicted molar refractivity (Wildman–Crippen MR) is 126 cm³/mol. The van der Waals surface area contributed by atoms with Gasteiger partial charge in [-0.15, -0.1) is 11.8 Å². The monoisotopic (exact) mass is 458 g/mol. The van der Waals surface area contributed by atoms with Gasteiger partial charge in [0.1, 0.15) is 0 Å². The molecule has 0 spiro atoms. The van der Waals surface area contributed by atoms with Crippen molar-refractivity contribution in [2.45, 2.75) is 24.0 Å². The molecule has 1 atom stereocenters. The van der Waals surface area contributed by atoms with Gasteiger partial charge in [-0.05, 0) is 61.9 Å². The second-order valence-corrected chi connectivity index (χ2v) is 8.93. The number of hydrogen-bond acceptors (Lipinski definition) is 3. The van der Waals surface area contributed by atoms with E-state index in [1.165, 1.54) is 17.8 Å². The van der Waals surface area contributed by atoms with Crippen LogP contribution in [0.3, 0.4) is 0 Å². The summed E-state index contributed by atoms with van der Waals surface area (Å²) in [7, 11) is 0. The molecule has 2 amide bonds. The van der Waals surface area contributed by atoms with Crippen LogP contribution in [0.1, 0.15) is 22.8 Å². The fraction of sp³-hybridized carbons (Fsp3) is 0.130. The van der Waals surface area contributed by atoms with Gasteiger partial charge in [-0.1, -0.05) is 47.5 Å². The topological polar surface area (TPSA) is 58.2 Å². The molecule has 0 saturated carbocycles. The molecule has 2 N–H and O–H groups in total. The van der Waals surface area contributed by atoms with E-state index < -0.39 is 0 Å². The lowest BCUT2D eigenvalue weighted by molar-refractivity contribution is -0.115. The minimum Gasteiger partial charge on any atom is -0.325 e. The van der Waals surface area contributed by atoms with Crippen molar-refractivity contribution in [2.75, 3.05) is 10.6 Å². The molecule has 0 heterocycles. The number of amides is 2. The standard InChI is InChI=1S/C23H20Cl2N2O2S/c1-14-6-3-4-9-21(14)27-22(28)15(2)30-18-8-5-7-17(13-18)26-23(29)19-11-10-16(24)12-20(19)25/h3-13,15H,1-2H3,(H,26,29)(H,27,28). The van der Waals surface area contributed by atoms with Crippen molar-refractivity contribution in [1.82, 2.24) is 0 Å². The Morgan fingerprint density at radius 2 is 1.70 bits per heavy atom. The van der Waals surface area contributed by atoms with Gasteiger partial charge in [0.15, 0.2) is 0 Å². The minimum atomic E-state index is -0.329. The van der Waals surface area contributed by atoms with Crippen LogP contribution in [0.4, 0.5) is 11.4 Å². The summed E-state index contributed by atoms with van der Waals surface area (Å²) in [4.78, 5) is 25.9. The van der Waals surface area contributed by atoms with Gasteiger partial charge in [0.25, 0.3) is 5.91 Å². The molecule has 0 aliphatic carbocycles. The summed E-state index contributed by atoms with van der Waals surface area (Å²) in [6, 6.07) is 19.7. The number of nitrogens with one attached hydrogen (secondary N) is 2. The highest BCUT2D eigenvalue weighted by Gasteiger charge is 2.16. The molecule has 0 bridgehead atoms. The van der Waals surface area contributed by atoms with Crippen LogP contribution in [0.2, 0.25) is 10.0 Å². The van der Waals surface area contributed by atoms with Crippen LogP contribution in [-0.4, -0.2) is 17.1 Å². The highest BCUT2D eigenvalue weighted by atomic mass is 35.5. The molecule has 0 radical (unpaired) electrons. The van der Waals surface area contributed by atoms with Crippen LogP contribution in [0, 0.1) is 6.92 Å². The summed E-state index contributed by atoms with van der Waals surface area (Å²) in [5.74, 6) is -0.416. The van der Waals surface area contributed by atoms with E-state index in [4.69, 9.17) is 23.2 Å². The van der Waals surface area contributed by atoms with Crippen molar-refractivity contribution < 1.29 is 9.59 Å². The first-order chi connectivity index (χ1) is 14.3. The lowest BCUT2D eigenvalue weighted by Gasteiger charge is -2.14. The van der Waals surface area contributed by atoms with E-state index in [0.717, 1.165) is 16.1 Å². The Morgan fingerprint density at radius 1 is 0.933 bits per heavy atom. The van der Waals surface area contributed by atoms with E-state index in [1.54, 1.807) is 18.2 Å². The molecule has 7 heteroatoms. The van der Waals surface area contributed by atoms with Crippen molar-refractivity contribution in [3.63, 3.8) is 0 Å². The summed E-state index contributed by atoms with van der Waals surface area (Å²) in [6.07, 6.45) is 0. The minimum absolute atomic E-state index is 0.0864. The van der Waals surface area contributed by atoms with E-state index in [0.29, 0.717) is 16.3 Å². The quantitative estimate of drug-likeness (QED) is 0.405. The molecule has 3 rings (SSSR count). The molecule has 4 nitrogen and oxygen atoms in total. The van der Waals surface area contributed by atoms with Crippen LogP contribution in [0.15, 0.2) is 71.6 Å². The number of hydrogen-bond donors (Lipinski definition) is 2. The zero-order valence-corrected chi connectivity index (χ0v) is 18.7. The third-order valence-electron chi connectivity index (χ3n) is 4.35. The van der Waals surface area contributed by atoms with Crippen molar-refractivity contribution >= 4 is 58.2 Å². The maximum Gasteiger partial charge on any atom is 0.257 e. The largest absolute Gasteiger partial charge is 0.325 e. The van der Waals surface area contributed by atoms with E-state index in [1.807, 2.05) is 56.3 Å². The Balaban J connectivity index is 1.65. The van der Waals surface area contributed by atoms with Crippen molar-refractivity contribution in [3.05, 3.63) is 87.9 Å². The Hall–Kier alpha value is -2.47. The first-order valence-electron chi connectivity index (χ1n) is 9.23. The molecule has 0 aliphatic rings. The highest BCUT2D eigenvalue weighted by molar-refractivity contribution is 8.00. The Morgan fingerprint density at radius 3 is 2.43 bits per heavy atom. The number of anilines is 2. The highest BCUT2D eigenvalue weighted by Crippen LogP contribution is 2.28. The lowest BCUT2D eigenvalue weighted by atomic mass is 10.2. The molecule has 154 valence electrons. The van der Waals surface area contributed by atoms with Gasteiger partial charge in [-0.25, -0.2) is 0 Å². The maximum atomic E-state index is 12.6. The summed E-state index contributed by atoms with van der Waals surface area (Å²) >= 11 is 13.4. The van der Waals surface area contributed by atoms with Crippen LogP contribution >= 0.6 is 35.0 Å². The average Bonchev–Trinajstić information content (AvgIpc) is 2.69. The van der Waals surface area contributed by atoms with Gasteiger partial charge < -0.3 is 10.6 Å². The Labute approximate surface area is 190 Å². The number of para-hydroxylation sites is 1. The molecule has 0 aromatic heterocycles. The maximum absolute atomic E-state index is 12.6. The van der Waals surface area contributed by atoms with Gasteiger partial charge in [0, 0.05) is 21.3 Å². The molecule has 30 heavy (non-hydrogen) atoms. The number of carbonyl (C=O) groups is 2. The summed E-state index contributed by atoms with van der Waals surface area (Å²) < 4.78 is 0. The number of aryl methyl sites for hydroxylation is 1. The summed E-state index contributed by atoms with van der Waals surface area (Å²) in [6.45, 7) is 3.80. The predicted octanol–water partition coefficient (Wildman–Crippen LogP) is 6.67. The third kappa shape index (κ3) is 5.79.